The molecule has 0 aliphatic carbocycles. The minimum absolute atomic E-state index is 0.146. The van der Waals surface area contributed by atoms with Crippen molar-refractivity contribution in [1.82, 2.24) is 4.90 Å². The maximum atomic E-state index is 12.7. The van der Waals surface area contributed by atoms with Crippen molar-refractivity contribution in [2.45, 2.75) is 18.9 Å². The highest BCUT2D eigenvalue weighted by atomic mass is 127. The van der Waals surface area contributed by atoms with E-state index in [1.54, 1.807) is 0 Å². The second kappa shape index (κ2) is 5.95. The summed E-state index contributed by atoms with van der Waals surface area (Å²) in [6.07, 6.45) is 2.13. The molecule has 1 heterocycles. The van der Waals surface area contributed by atoms with Gasteiger partial charge in [-0.3, -0.25) is 4.79 Å². The summed E-state index contributed by atoms with van der Waals surface area (Å²) in [5.41, 5.74) is 2.03. The van der Waals surface area contributed by atoms with E-state index in [1.807, 2.05) is 47.4 Å². The van der Waals surface area contributed by atoms with Crippen molar-refractivity contribution in [2.24, 2.45) is 0 Å². The van der Waals surface area contributed by atoms with E-state index in [0.29, 0.717) is 0 Å². The molecule has 1 unspecified atom stereocenters. The summed E-state index contributed by atoms with van der Waals surface area (Å²) in [6, 6.07) is 18.4. The van der Waals surface area contributed by atoms with E-state index in [4.69, 9.17) is 0 Å². The minimum Gasteiger partial charge on any atom is -0.332 e. The molecular formula is C17H16INO. The fourth-order valence-corrected chi connectivity index (χ4v) is 3.15. The molecule has 3 rings (SSSR count). The van der Waals surface area contributed by atoms with Gasteiger partial charge in [0.15, 0.2) is 0 Å². The average molecular weight is 377 g/mol. The van der Waals surface area contributed by atoms with Crippen molar-refractivity contribution < 1.29 is 4.79 Å². The summed E-state index contributed by atoms with van der Waals surface area (Å²) in [5.74, 6) is 0.146. The predicted octanol–water partition coefficient (Wildman–Crippen LogP) is 4.27. The molecule has 0 N–H and O–H groups in total. The van der Waals surface area contributed by atoms with Crippen molar-refractivity contribution in [1.29, 1.82) is 0 Å². The lowest BCUT2D eigenvalue weighted by Crippen LogP contribution is -2.30. The van der Waals surface area contributed by atoms with Crippen LogP contribution in [0, 0.1) is 3.57 Å². The van der Waals surface area contributed by atoms with Gasteiger partial charge in [0.2, 0.25) is 0 Å². The first-order valence-electron chi connectivity index (χ1n) is 6.87. The highest BCUT2D eigenvalue weighted by Gasteiger charge is 2.30. The summed E-state index contributed by atoms with van der Waals surface area (Å²) in [5, 5.41) is 0. The number of benzene rings is 2. The van der Waals surface area contributed by atoms with Crippen LogP contribution < -0.4 is 0 Å². The molecular weight excluding hydrogens is 361 g/mol. The molecule has 1 saturated heterocycles. The van der Waals surface area contributed by atoms with Crippen LogP contribution in [0.1, 0.15) is 34.8 Å². The topological polar surface area (TPSA) is 20.3 Å². The van der Waals surface area contributed by atoms with E-state index in [9.17, 15) is 4.79 Å². The first-order valence-corrected chi connectivity index (χ1v) is 7.95. The Balaban J connectivity index is 1.85. The van der Waals surface area contributed by atoms with Crippen LogP contribution in [-0.4, -0.2) is 17.4 Å². The van der Waals surface area contributed by atoms with E-state index < -0.39 is 0 Å². The van der Waals surface area contributed by atoms with Crippen molar-refractivity contribution in [3.8, 4) is 0 Å². The lowest BCUT2D eigenvalue weighted by molar-refractivity contribution is 0.0735. The van der Waals surface area contributed by atoms with E-state index in [2.05, 4.69) is 34.7 Å². The normalized spacial score (nSPS) is 18.2. The zero-order valence-corrected chi connectivity index (χ0v) is 13.3. The zero-order valence-electron chi connectivity index (χ0n) is 11.1. The first-order chi connectivity index (χ1) is 9.75. The van der Waals surface area contributed by atoms with E-state index in [-0.39, 0.29) is 11.9 Å². The summed E-state index contributed by atoms with van der Waals surface area (Å²) in [7, 11) is 0. The van der Waals surface area contributed by atoms with Gasteiger partial charge in [-0.05, 0) is 65.3 Å². The molecule has 0 spiro atoms. The van der Waals surface area contributed by atoms with Gasteiger partial charge in [-0.25, -0.2) is 0 Å². The Kier molecular flexibility index (Phi) is 4.05. The van der Waals surface area contributed by atoms with Crippen LogP contribution in [0.3, 0.4) is 0 Å². The summed E-state index contributed by atoms with van der Waals surface area (Å²) in [4.78, 5) is 14.7. The molecule has 1 aliphatic rings. The lowest BCUT2D eigenvalue weighted by Gasteiger charge is -2.25. The average Bonchev–Trinajstić information content (AvgIpc) is 2.97. The molecule has 102 valence electrons. The molecule has 1 amide bonds. The number of nitrogens with zero attached hydrogens (tertiary/aromatic N) is 1. The number of hydrogen-bond donors (Lipinski definition) is 0. The second-order valence-corrected chi connectivity index (χ2v) is 6.32. The third kappa shape index (κ3) is 2.73. The fraction of sp³-hybridized carbons (Fsp3) is 0.235. The third-order valence-electron chi connectivity index (χ3n) is 3.79. The van der Waals surface area contributed by atoms with Gasteiger partial charge in [-0.2, -0.15) is 0 Å². The Hall–Kier alpha value is -1.36. The molecule has 2 nitrogen and oxygen atoms in total. The van der Waals surface area contributed by atoms with E-state index in [1.165, 1.54) is 5.56 Å². The van der Waals surface area contributed by atoms with Crippen molar-refractivity contribution >= 4 is 28.5 Å². The Bertz CT molecular complexity index is 594. The third-order valence-corrected chi connectivity index (χ3v) is 4.51. The van der Waals surface area contributed by atoms with Crippen LogP contribution >= 0.6 is 22.6 Å². The Labute approximate surface area is 132 Å². The molecule has 0 radical (unpaired) electrons. The van der Waals surface area contributed by atoms with Gasteiger partial charge in [-0.15, -0.1) is 0 Å². The number of likely N-dealkylation sites (tertiary alicyclic amines) is 1. The van der Waals surface area contributed by atoms with E-state index >= 15 is 0 Å². The minimum atomic E-state index is 0.146. The summed E-state index contributed by atoms with van der Waals surface area (Å²) in [6.45, 7) is 0.852. The SMILES string of the molecule is O=C(c1ccc(I)cc1)N1CCCC1c1ccccc1. The predicted molar refractivity (Wildman–Crippen MR) is 88.6 cm³/mol. The Morgan fingerprint density at radius 2 is 1.75 bits per heavy atom. The zero-order chi connectivity index (χ0) is 13.9. The van der Waals surface area contributed by atoms with Gasteiger partial charge in [-0.1, -0.05) is 30.3 Å². The maximum absolute atomic E-state index is 12.7. The molecule has 20 heavy (non-hydrogen) atoms. The van der Waals surface area contributed by atoms with E-state index in [0.717, 1.165) is 28.5 Å². The molecule has 0 aromatic heterocycles. The van der Waals surface area contributed by atoms with Gasteiger partial charge >= 0.3 is 0 Å². The Morgan fingerprint density at radius 1 is 1.05 bits per heavy atom. The number of carbonyl (C=O) groups excluding carboxylic acids is 1. The second-order valence-electron chi connectivity index (χ2n) is 5.07. The van der Waals surface area contributed by atoms with Crippen molar-refractivity contribution in [3.63, 3.8) is 0 Å². The molecule has 3 heteroatoms. The number of halogens is 1. The van der Waals surface area contributed by atoms with Gasteiger partial charge < -0.3 is 4.90 Å². The largest absolute Gasteiger partial charge is 0.332 e. The summed E-state index contributed by atoms with van der Waals surface area (Å²) >= 11 is 2.26. The first kappa shape index (κ1) is 13.6. The highest BCUT2D eigenvalue weighted by Crippen LogP contribution is 2.32. The number of carbonyl (C=O) groups is 1. The van der Waals surface area contributed by atoms with Crippen LogP contribution in [0.2, 0.25) is 0 Å². The standard InChI is InChI=1S/C17H16INO/c18-15-10-8-14(9-11-15)17(20)19-12-4-7-16(19)13-5-2-1-3-6-13/h1-3,5-6,8-11,16H,4,7,12H2. The molecule has 1 atom stereocenters. The van der Waals surface area contributed by atoms with Crippen LogP contribution in [-0.2, 0) is 0 Å². The van der Waals surface area contributed by atoms with Gasteiger partial charge in [0.05, 0.1) is 6.04 Å². The smallest absolute Gasteiger partial charge is 0.254 e. The molecule has 0 saturated carbocycles. The summed E-state index contributed by atoms with van der Waals surface area (Å²) < 4.78 is 1.15. The molecule has 0 bridgehead atoms. The number of amides is 1. The van der Waals surface area contributed by atoms with Crippen molar-refractivity contribution in [2.75, 3.05) is 6.54 Å². The van der Waals surface area contributed by atoms with Crippen molar-refractivity contribution in [3.05, 3.63) is 69.3 Å². The van der Waals surface area contributed by atoms with Crippen LogP contribution in [0.5, 0.6) is 0 Å². The van der Waals surface area contributed by atoms with Crippen LogP contribution in [0.25, 0.3) is 0 Å². The number of hydrogen-bond acceptors (Lipinski definition) is 1. The Morgan fingerprint density at radius 3 is 2.45 bits per heavy atom. The van der Waals surface area contributed by atoms with Crippen LogP contribution in [0.4, 0.5) is 0 Å². The van der Waals surface area contributed by atoms with Crippen LogP contribution in [0.15, 0.2) is 54.6 Å². The molecule has 2 aromatic carbocycles. The monoisotopic (exact) mass is 377 g/mol. The molecule has 1 fully saturated rings. The fourth-order valence-electron chi connectivity index (χ4n) is 2.79. The quantitative estimate of drug-likeness (QED) is 0.716. The van der Waals surface area contributed by atoms with Gasteiger partial charge in [0, 0.05) is 15.7 Å². The lowest BCUT2D eigenvalue weighted by atomic mass is 10.0. The molecule has 2 aromatic rings. The van der Waals surface area contributed by atoms with Gasteiger partial charge in [0.25, 0.3) is 5.91 Å². The number of rotatable bonds is 2. The highest BCUT2D eigenvalue weighted by molar-refractivity contribution is 14.1. The van der Waals surface area contributed by atoms with Gasteiger partial charge in [0.1, 0.15) is 0 Å². The molecule has 1 aliphatic heterocycles. The maximum Gasteiger partial charge on any atom is 0.254 e.